The van der Waals surface area contributed by atoms with Crippen LogP contribution in [0.25, 0.3) is 0 Å². The van der Waals surface area contributed by atoms with E-state index >= 15 is 0 Å². The van der Waals surface area contributed by atoms with Crippen molar-refractivity contribution in [1.82, 2.24) is 0 Å². The number of aliphatic imine (C=N–C) groups is 1. The van der Waals surface area contributed by atoms with Gasteiger partial charge in [-0.25, -0.2) is 0 Å². The van der Waals surface area contributed by atoms with Crippen LogP contribution in [0.2, 0.25) is 5.02 Å². The van der Waals surface area contributed by atoms with Crippen molar-refractivity contribution in [1.29, 1.82) is 0 Å². The summed E-state index contributed by atoms with van der Waals surface area (Å²) in [6.45, 7) is 0.665. The molecule has 0 amide bonds. The van der Waals surface area contributed by atoms with Crippen molar-refractivity contribution in [3.63, 3.8) is 0 Å². The zero-order valence-electron chi connectivity index (χ0n) is 15.6. The van der Waals surface area contributed by atoms with Crippen molar-refractivity contribution in [2.24, 2.45) is 4.99 Å². The minimum absolute atomic E-state index is 0.0000711. The fourth-order valence-electron chi connectivity index (χ4n) is 4.59. The summed E-state index contributed by atoms with van der Waals surface area (Å²) in [5.41, 5.74) is 3.69. The minimum Gasteiger partial charge on any atom is -0.360 e. The molecule has 2 aromatic carbocycles. The maximum absolute atomic E-state index is 6.16. The number of hydrogen-bond donors (Lipinski definition) is 0. The smallest absolute Gasteiger partial charge is 0.130 e. The molecule has 4 rings (SSSR count). The van der Waals surface area contributed by atoms with Crippen molar-refractivity contribution in [3.05, 3.63) is 59.1 Å². The van der Waals surface area contributed by atoms with E-state index in [9.17, 15) is 0 Å². The molecular weight excluding hydrogens is 342 g/mol. The summed E-state index contributed by atoms with van der Waals surface area (Å²) in [4.78, 5) is 9.94. The molecule has 0 atom stereocenters. The Hall–Kier alpha value is -2.00. The first kappa shape index (κ1) is 17.4. The summed E-state index contributed by atoms with van der Waals surface area (Å²) in [7, 11) is 4.41. The van der Waals surface area contributed by atoms with Gasteiger partial charge in [0.25, 0.3) is 0 Å². The van der Waals surface area contributed by atoms with Gasteiger partial charge in [-0.15, -0.1) is 0 Å². The number of halogens is 1. The Balaban J connectivity index is 1.78. The maximum atomic E-state index is 6.16. The molecule has 1 aliphatic carbocycles. The molecule has 0 radical (unpaired) electrons. The lowest BCUT2D eigenvalue weighted by Crippen LogP contribution is -2.62. The van der Waals surface area contributed by atoms with Crippen LogP contribution < -0.4 is 9.80 Å². The molecule has 1 heterocycles. The van der Waals surface area contributed by atoms with E-state index in [2.05, 4.69) is 54.2 Å². The van der Waals surface area contributed by atoms with Gasteiger partial charge in [-0.2, -0.15) is 0 Å². The van der Waals surface area contributed by atoms with Crippen LogP contribution in [0.5, 0.6) is 0 Å². The predicted octanol–water partition coefficient (Wildman–Crippen LogP) is 5.53. The van der Waals surface area contributed by atoms with Crippen molar-refractivity contribution in [2.45, 2.75) is 44.2 Å². The van der Waals surface area contributed by atoms with E-state index in [1.54, 1.807) is 0 Å². The van der Waals surface area contributed by atoms with Gasteiger partial charge in [-0.05, 0) is 42.7 Å². The molecule has 2 aromatic rings. The molecule has 4 heteroatoms. The van der Waals surface area contributed by atoms with Crippen LogP contribution in [-0.2, 0) is 6.54 Å². The molecule has 0 unspecified atom stereocenters. The van der Waals surface area contributed by atoms with Crippen LogP contribution >= 0.6 is 11.6 Å². The number of benzene rings is 2. The number of anilines is 2. The van der Waals surface area contributed by atoms with Crippen LogP contribution in [0.4, 0.5) is 11.4 Å². The third kappa shape index (κ3) is 2.88. The van der Waals surface area contributed by atoms with Gasteiger partial charge in [0.15, 0.2) is 0 Å². The van der Waals surface area contributed by atoms with E-state index in [4.69, 9.17) is 16.6 Å². The number of nitrogens with zero attached hydrogens (tertiary/aromatic N) is 3. The van der Waals surface area contributed by atoms with Crippen LogP contribution in [0.15, 0.2) is 53.5 Å². The van der Waals surface area contributed by atoms with E-state index in [0.717, 1.165) is 23.4 Å². The summed E-state index contributed by atoms with van der Waals surface area (Å²) >= 11 is 6.16. The minimum atomic E-state index is -0.0000711. The Morgan fingerprint density at radius 2 is 1.69 bits per heavy atom. The van der Waals surface area contributed by atoms with Crippen LogP contribution in [-0.4, -0.2) is 25.5 Å². The normalized spacial score (nSPS) is 20.5. The highest BCUT2D eigenvalue weighted by Crippen LogP contribution is 2.45. The second-order valence-electron chi connectivity index (χ2n) is 7.47. The Kier molecular flexibility index (Phi) is 4.66. The second kappa shape index (κ2) is 6.96. The van der Waals surface area contributed by atoms with Gasteiger partial charge in [-0.1, -0.05) is 55.1 Å². The SMILES string of the molecule is CN1C(=NCc2cccc(Cl)c2)C2(CCCCC2)N(C)c2ccccc21. The van der Waals surface area contributed by atoms with E-state index < -0.39 is 0 Å². The number of para-hydroxylation sites is 2. The average Bonchev–Trinajstić information content (AvgIpc) is 2.67. The van der Waals surface area contributed by atoms with Gasteiger partial charge in [0.2, 0.25) is 0 Å². The molecule has 2 aliphatic rings. The highest BCUT2D eigenvalue weighted by Gasteiger charge is 2.47. The maximum Gasteiger partial charge on any atom is 0.130 e. The largest absolute Gasteiger partial charge is 0.360 e. The van der Waals surface area contributed by atoms with Crippen LogP contribution in [0, 0.1) is 0 Å². The molecule has 0 saturated heterocycles. The molecule has 1 spiro atoms. The quantitative estimate of drug-likeness (QED) is 0.695. The van der Waals surface area contributed by atoms with Gasteiger partial charge in [-0.3, -0.25) is 4.99 Å². The van der Waals surface area contributed by atoms with E-state index in [1.165, 1.54) is 36.5 Å². The molecule has 0 aromatic heterocycles. The van der Waals surface area contributed by atoms with Gasteiger partial charge in [0.05, 0.1) is 23.5 Å². The number of fused-ring (bicyclic) bond motifs is 1. The molecule has 0 N–H and O–H groups in total. The summed E-state index contributed by atoms with van der Waals surface area (Å²) in [6.07, 6.45) is 6.17. The summed E-state index contributed by atoms with van der Waals surface area (Å²) < 4.78 is 0. The molecule has 0 bridgehead atoms. The van der Waals surface area contributed by atoms with Crippen molar-refractivity contribution in [3.8, 4) is 0 Å². The summed E-state index contributed by atoms with van der Waals surface area (Å²) in [6, 6.07) is 16.7. The summed E-state index contributed by atoms with van der Waals surface area (Å²) in [5.74, 6) is 1.19. The first-order valence-electron chi connectivity index (χ1n) is 9.48. The molecule has 26 heavy (non-hydrogen) atoms. The third-order valence-electron chi connectivity index (χ3n) is 5.96. The molecule has 3 nitrogen and oxygen atoms in total. The third-order valence-corrected chi connectivity index (χ3v) is 6.20. The second-order valence-corrected chi connectivity index (χ2v) is 7.91. The number of rotatable bonds is 2. The van der Waals surface area contributed by atoms with Gasteiger partial charge >= 0.3 is 0 Å². The fourth-order valence-corrected chi connectivity index (χ4v) is 4.80. The lowest BCUT2D eigenvalue weighted by Gasteiger charge is -2.53. The number of likely N-dealkylation sites (N-methyl/N-ethyl adjacent to an activating group) is 2. The van der Waals surface area contributed by atoms with E-state index in [-0.39, 0.29) is 5.54 Å². The Morgan fingerprint density at radius 1 is 0.962 bits per heavy atom. The Labute approximate surface area is 161 Å². The van der Waals surface area contributed by atoms with Crippen molar-refractivity contribution < 1.29 is 0 Å². The van der Waals surface area contributed by atoms with Crippen molar-refractivity contribution in [2.75, 3.05) is 23.9 Å². The van der Waals surface area contributed by atoms with Crippen LogP contribution in [0.1, 0.15) is 37.7 Å². The van der Waals surface area contributed by atoms with Gasteiger partial charge in [0, 0.05) is 19.1 Å². The topological polar surface area (TPSA) is 18.8 Å². The van der Waals surface area contributed by atoms with E-state index in [0.29, 0.717) is 6.54 Å². The van der Waals surface area contributed by atoms with E-state index in [1.807, 2.05) is 18.2 Å². The number of amidine groups is 1. The summed E-state index contributed by atoms with van der Waals surface area (Å²) in [5, 5.41) is 0.773. The zero-order chi connectivity index (χ0) is 18.1. The predicted molar refractivity (Wildman–Crippen MR) is 112 cm³/mol. The average molecular weight is 368 g/mol. The highest BCUT2D eigenvalue weighted by atomic mass is 35.5. The van der Waals surface area contributed by atoms with Crippen LogP contribution in [0.3, 0.4) is 0 Å². The lowest BCUT2D eigenvalue weighted by atomic mass is 9.77. The first-order valence-corrected chi connectivity index (χ1v) is 9.86. The fraction of sp³-hybridized carbons (Fsp3) is 0.409. The number of hydrogen-bond acceptors (Lipinski definition) is 2. The highest BCUT2D eigenvalue weighted by molar-refractivity contribution is 6.30. The molecular formula is C22H26ClN3. The standard InChI is InChI=1S/C22H26ClN3/c1-25-19-11-4-5-12-20(19)26(2)22(13-6-3-7-14-22)21(25)24-16-17-9-8-10-18(23)15-17/h4-5,8-12,15H,3,6-7,13-14,16H2,1-2H3. The monoisotopic (exact) mass is 367 g/mol. The van der Waals surface area contributed by atoms with Gasteiger partial charge in [0.1, 0.15) is 5.84 Å². The Morgan fingerprint density at radius 3 is 2.42 bits per heavy atom. The molecule has 136 valence electrons. The molecule has 1 aliphatic heterocycles. The molecule has 1 fully saturated rings. The molecule has 1 saturated carbocycles. The van der Waals surface area contributed by atoms with Gasteiger partial charge < -0.3 is 9.80 Å². The van der Waals surface area contributed by atoms with Crippen molar-refractivity contribution >= 4 is 28.8 Å². The first-order chi connectivity index (χ1) is 12.6. The zero-order valence-corrected chi connectivity index (χ0v) is 16.3. The Bertz CT molecular complexity index is 824. The lowest BCUT2D eigenvalue weighted by molar-refractivity contribution is 0.360.